The molecule has 100 valence electrons. The van der Waals surface area contributed by atoms with Crippen LogP contribution in [0.3, 0.4) is 0 Å². The van der Waals surface area contributed by atoms with Gasteiger partial charge in [0.1, 0.15) is 0 Å². The average molecular weight is 247 g/mol. The zero-order chi connectivity index (χ0) is 13.0. The second-order valence-corrected chi connectivity index (χ2v) is 6.21. The standard InChI is InChI=1S/C16H25NO/c1-16(2,18)12-15-5-3-4-14(11-15)10-13-6-8-17-9-7-13/h3-5,11,13,17-18H,6-10,12H2,1-2H3. The summed E-state index contributed by atoms with van der Waals surface area (Å²) in [6.07, 6.45) is 4.49. The summed E-state index contributed by atoms with van der Waals surface area (Å²) in [4.78, 5) is 0. The molecule has 1 heterocycles. The van der Waals surface area contributed by atoms with Gasteiger partial charge in [0.25, 0.3) is 0 Å². The fourth-order valence-corrected chi connectivity index (χ4v) is 2.79. The van der Waals surface area contributed by atoms with Crippen LogP contribution in [0.4, 0.5) is 0 Å². The predicted molar refractivity (Wildman–Crippen MR) is 75.7 cm³/mol. The van der Waals surface area contributed by atoms with Gasteiger partial charge in [-0.25, -0.2) is 0 Å². The van der Waals surface area contributed by atoms with E-state index in [1.54, 1.807) is 0 Å². The number of nitrogens with one attached hydrogen (secondary N) is 1. The van der Waals surface area contributed by atoms with Crippen LogP contribution in [0.5, 0.6) is 0 Å². The molecule has 0 aromatic heterocycles. The molecule has 1 aliphatic rings. The first-order valence-corrected chi connectivity index (χ1v) is 7.04. The fourth-order valence-electron chi connectivity index (χ4n) is 2.79. The SMILES string of the molecule is CC(C)(O)Cc1cccc(CC2CCNCC2)c1. The third kappa shape index (κ3) is 4.43. The first-order valence-electron chi connectivity index (χ1n) is 7.04. The maximum atomic E-state index is 9.88. The van der Waals surface area contributed by atoms with Crippen LogP contribution >= 0.6 is 0 Å². The van der Waals surface area contributed by atoms with E-state index in [4.69, 9.17) is 0 Å². The zero-order valence-corrected chi connectivity index (χ0v) is 11.6. The Labute approximate surface area is 110 Å². The van der Waals surface area contributed by atoms with Crippen LogP contribution in [0.2, 0.25) is 0 Å². The molecule has 2 nitrogen and oxygen atoms in total. The number of rotatable bonds is 4. The van der Waals surface area contributed by atoms with Crippen molar-refractivity contribution < 1.29 is 5.11 Å². The van der Waals surface area contributed by atoms with E-state index in [0.717, 1.165) is 25.4 Å². The molecule has 18 heavy (non-hydrogen) atoms. The number of hydrogen-bond donors (Lipinski definition) is 2. The van der Waals surface area contributed by atoms with E-state index < -0.39 is 5.60 Å². The molecule has 0 amide bonds. The van der Waals surface area contributed by atoms with Crippen molar-refractivity contribution in [1.82, 2.24) is 5.32 Å². The molecule has 1 fully saturated rings. The molecule has 0 bridgehead atoms. The molecule has 2 N–H and O–H groups in total. The first kappa shape index (κ1) is 13.6. The third-order valence-electron chi connectivity index (χ3n) is 3.61. The monoisotopic (exact) mass is 247 g/mol. The van der Waals surface area contributed by atoms with Crippen molar-refractivity contribution in [2.45, 2.75) is 45.1 Å². The second-order valence-electron chi connectivity index (χ2n) is 6.21. The van der Waals surface area contributed by atoms with Crippen molar-refractivity contribution in [1.29, 1.82) is 0 Å². The topological polar surface area (TPSA) is 32.3 Å². The summed E-state index contributed by atoms with van der Waals surface area (Å²) >= 11 is 0. The molecular weight excluding hydrogens is 222 g/mol. The lowest BCUT2D eigenvalue weighted by atomic mass is 9.89. The Morgan fingerprint density at radius 2 is 1.89 bits per heavy atom. The maximum absolute atomic E-state index is 9.88. The van der Waals surface area contributed by atoms with Crippen molar-refractivity contribution in [3.63, 3.8) is 0 Å². The quantitative estimate of drug-likeness (QED) is 0.857. The van der Waals surface area contributed by atoms with Gasteiger partial charge in [0.15, 0.2) is 0 Å². The van der Waals surface area contributed by atoms with Gasteiger partial charge in [-0.05, 0) is 63.2 Å². The summed E-state index contributed by atoms with van der Waals surface area (Å²) in [6.45, 7) is 6.06. The smallest absolute Gasteiger partial charge is 0.0631 e. The molecule has 1 aromatic carbocycles. The Kier molecular flexibility index (Phi) is 4.41. The van der Waals surface area contributed by atoms with E-state index in [1.807, 2.05) is 13.8 Å². The Bertz CT molecular complexity index is 375. The Hall–Kier alpha value is -0.860. The van der Waals surface area contributed by atoms with Crippen molar-refractivity contribution in [3.8, 4) is 0 Å². The minimum atomic E-state index is -0.618. The van der Waals surface area contributed by atoms with Crippen LogP contribution in [0.15, 0.2) is 24.3 Å². The lowest BCUT2D eigenvalue weighted by Crippen LogP contribution is -2.28. The summed E-state index contributed by atoms with van der Waals surface area (Å²) < 4.78 is 0. The van der Waals surface area contributed by atoms with Gasteiger partial charge >= 0.3 is 0 Å². The summed E-state index contributed by atoms with van der Waals surface area (Å²) in [6, 6.07) is 8.72. The molecule has 0 spiro atoms. The van der Waals surface area contributed by atoms with Crippen LogP contribution in [0.25, 0.3) is 0 Å². The molecule has 1 aliphatic heterocycles. The van der Waals surface area contributed by atoms with E-state index in [0.29, 0.717) is 0 Å². The highest BCUT2D eigenvalue weighted by molar-refractivity contribution is 5.25. The number of aliphatic hydroxyl groups is 1. The van der Waals surface area contributed by atoms with E-state index in [-0.39, 0.29) is 0 Å². The molecule has 2 rings (SSSR count). The Morgan fingerprint density at radius 1 is 1.22 bits per heavy atom. The minimum Gasteiger partial charge on any atom is -0.390 e. The highest BCUT2D eigenvalue weighted by Gasteiger charge is 2.16. The summed E-state index contributed by atoms with van der Waals surface area (Å²) in [5, 5.41) is 13.3. The van der Waals surface area contributed by atoms with Crippen molar-refractivity contribution in [3.05, 3.63) is 35.4 Å². The summed E-state index contributed by atoms with van der Waals surface area (Å²) in [5.41, 5.74) is 2.05. The molecular formula is C16H25NO. The van der Waals surface area contributed by atoms with Crippen molar-refractivity contribution >= 4 is 0 Å². The van der Waals surface area contributed by atoms with Crippen molar-refractivity contribution in [2.24, 2.45) is 5.92 Å². The lowest BCUT2D eigenvalue weighted by Gasteiger charge is -2.23. The molecule has 0 aliphatic carbocycles. The van der Waals surface area contributed by atoms with Crippen molar-refractivity contribution in [2.75, 3.05) is 13.1 Å². The Balaban J connectivity index is 1.98. The van der Waals surface area contributed by atoms with Gasteiger partial charge in [-0.1, -0.05) is 24.3 Å². The second kappa shape index (κ2) is 5.85. The summed E-state index contributed by atoms with van der Waals surface area (Å²) in [7, 11) is 0. The highest BCUT2D eigenvalue weighted by Crippen LogP contribution is 2.20. The van der Waals surface area contributed by atoms with Crippen LogP contribution in [-0.4, -0.2) is 23.8 Å². The van der Waals surface area contributed by atoms with E-state index >= 15 is 0 Å². The molecule has 2 heteroatoms. The summed E-state index contributed by atoms with van der Waals surface area (Å²) in [5.74, 6) is 0.823. The van der Waals surface area contributed by atoms with Gasteiger partial charge in [0, 0.05) is 6.42 Å². The van der Waals surface area contributed by atoms with Gasteiger partial charge < -0.3 is 10.4 Å². The minimum absolute atomic E-state index is 0.618. The highest BCUT2D eigenvalue weighted by atomic mass is 16.3. The Morgan fingerprint density at radius 3 is 2.56 bits per heavy atom. The molecule has 0 unspecified atom stereocenters. The van der Waals surface area contributed by atoms with E-state index in [2.05, 4.69) is 29.6 Å². The van der Waals surface area contributed by atoms with Crippen LogP contribution in [0.1, 0.15) is 37.8 Å². The molecule has 0 atom stereocenters. The van der Waals surface area contributed by atoms with Gasteiger partial charge in [0.2, 0.25) is 0 Å². The predicted octanol–water partition coefficient (Wildman–Crippen LogP) is 2.54. The van der Waals surface area contributed by atoms with Gasteiger partial charge in [0.05, 0.1) is 5.60 Å². The molecule has 0 saturated carbocycles. The molecule has 1 saturated heterocycles. The maximum Gasteiger partial charge on any atom is 0.0631 e. The normalized spacial score (nSPS) is 17.9. The average Bonchev–Trinajstić information content (AvgIpc) is 2.28. The van der Waals surface area contributed by atoms with Crippen LogP contribution in [-0.2, 0) is 12.8 Å². The third-order valence-corrected chi connectivity index (χ3v) is 3.61. The first-order chi connectivity index (χ1) is 8.53. The number of hydrogen-bond acceptors (Lipinski definition) is 2. The lowest BCUT2D eigenvalue weighted by molar-refractivity contribution is 0.0810. The molecule has 0 radical (unpaired) electrons. The van der Waals surface area contributed by atoms with Crippen LogP contribution < -0.4 is 5.32 Å². The number of benzene rings is 1. The van der Waals surface area contributed by atoms with Gasteiger partial charge in [-0.15, -0.1) is 0 Å². The number of piperidine rings is 1. The molecule has 1 aromatic rings. The fraction of sp³-hybridized carbons (Fsp3) is 0.625. The van der Waals surface area contributed by atoms with Crippen LogP contribution in [0, 0.1) is 5.92 Å². The van der Waals surface area contributed by atoms with E-state index in [1.165, 1.54) is 30.4 Å². The van der Waals surface area contributed by atoms with Gasteiger partial charge in [-0.2, -0.15) is 0 Å². The zero-order valence-electron chi connectivity index (χ0n) is 11.6. The van der Waals surface area contributed by atoms with Gasteiger partial charge in [-0.3, -0.25) is 0 Å². The van der Waals surface area contributed by atoms with E-state index in [9.17, 15) is 5.11 Å². The largest absolute Gasteiger partial charge is 0.390 e.